The third kappa shape index (κ3) is 4.38. The molecule has 0 bridgehead atoms. The number of carboxylic acid groups (broad SMARTS) is 1. The summed E-state index contributed by atoms with van der Waals surface area (Å²) in [7, 11) is 0. The summed E-state index contributed by atoms with van der Waals surface area (Å²) in [5.41, 5.74) is -0.364. The molecule has 0 aromatic rings. The van der Waals surface area contributed by atoms with Gasteiger partial charge in [-0.15, -0.1) is 11.8 Å². The van der Waals surface area contributed by atoms with E-state index in [0.29, 0.717) is 31.8 Å². The standard InChI is InChI=1S/C15H24N2O4S/c1-15(2)10-16(14(21)11-3-4-11)6-7-17(15)12(18)5-8-22-9-13(19)20/h11H,3-10H2,1-2H3,(H,19,20). The maximum Gasteiger partial charge on any atom is 0.313 e. The molecule has 2 rings (SSSR count). The molecule has 0 atom stereocenters. The predicted octanol–water partition coefficient (Wildman–Crippen LogP) is 1.05. The Morgan fingerprint density at radius 2 is 1.91 bits per heavy atom. The smallest absolute Gasteiger partial charge is 0.313 e. The van der Waals surface area contributed by atoms with Gasteiger partial charge in [0.1, 0.15) is 0 Å². The van der Waals surface area contributed by atoms with Crippen LogP contribution in [0.4, 0.5) is 0 Å². The molecule has 7 heteroatoms. The SMILES string of the molecule is CC1(C)CN(C(=O)C2CC2)CCN1C(=O)CCSCC(=O)O. The van der Waals surface area contributed by atoms with E-state index in [0.717, 1.165) is 12.8 Å². The first kappa shape index (κ1) is 17.1. The van der Waals surface area contributed by atoms with Crippen molar-refractivity contribution in [3.8, 4) is 0 Å². The third-order valence-corrected chi connectivity index (χ3v) is 5.07. The number of carbonyl (C=O) groups excluding carboxylic acids is 2. The number of aliphatic carboxylic acids is 1. The minimum atomic E-state index is -0.856. The van der Waals surface area contributed by atoms with Crippen LogP contribution < -0.4 is 0 Å². The molecular formula is C15H24N2O4S. The molecule has 0 aromatic heterocycles. The van der Waals surface area contributed by atoms with Crippen LogP contribution in [0.3, 0.4) is 0 Å². The summed E-state index contributed by atoms with van der Waals surface area (Å²) in [4.78, 5) is 38.7. The Kier molecular flexibility index (Phi) is 5.36. The number of carbonyl (C=O) groups is 3. The zero-order valence-electron chi connectivity index (χ0n) is 13.2. The van der Waals surface area contributed by atoms with E-state index in [1.807, 2.05) is 23.6 Å². The number of piperazine rings is 1. The van der Waals surface area contributed by atoms with Crippen molar-refractivity contribution < 1.29 is 19.5 Å². The largest absolute Gasteiger partial charge is 0.481 e. The molecule has 1 aliphatic heterocycles. The molecule has 0 radical (unpaired) electrons. The molecule has 2 amide bonds. The molecule has 6 nitrogen and oxygen atoms in total. The van der Waals surface area contributed by atoms with E-state index in [1.54, 1.807) is 0 Å². The van der Waals surface area contributed by atoms with E-state index in [1.165, 1.54) is 11.8 Å². The van der Waals surface area contributed by atoms with Gasteiger partial charge in [-0.25, -0.2) is 0 Å². The second-order valence-electron chi connectivity index (χ2n) is 6.59. The lowest BCUT2D eigenvalue weighted by Crippen LogP contribution is -2.62. The van der Waals surface area contributed by atoms with Crippen molar-refractivity contribution in [2.75, 3.05) is 31.1 Å². The lowest BCUT2D eigenvalue weighted by molar-refractivity contribution is -0.147. The van der Waals surface area contributed by atoms with Crippen molar-refractivity contribution in [2.24, 2.45) is 5.92 Å². The minimum absolute atomic E-state index is 0.0281. The highest BCUT2D eigenvalue weighted by molar-refractivity contribution is 7.99. The summed E-state index contributed by atoms with van der Waals surface area (Å²) in [6.45, 7) is 5.72. The summed E-state index contributed by atoms with van der Waals surface area (Å²) in [5.74, 6) is 0.178. The fourth-order valence-corrected chi connectivity index (χ4v) is 3.49. The Balaban J connectivity index is 1.82. The summed E-state index contributed by atoms with van der Waals surface area (Å²) < 4.78 is 0. The normalized spacial score (nSPS) is 20.8. The van der Waals surface area contributed by atoms with Crippen LogP contribution in [0, 0.1) is 5.92 Å². The predicted molar refractivity (Wildman–Crippen MR) is 84.7 cm³/mol. The summed E-state index contributed by atoms with van der Waals surface area (Å²) in [6, 6.07) is 0. The Bertz CT molecular complexity index is 462. The summed E-state index contributed by atoms with van der Waals surface area (Å²) >= 11 is 1.26. The van der Waals surface area contributed by atoms with Crippen LogP contribution in [-0.2, 0) is 14.4 Å². The van der Waals surface area contributed by atoms with Gasteiger partial charge < -0.3 is 14.9 Å². The van der Waals surface area contributed by atoms with Crippen LogP contribution in [0.1, 0.15) is 33.1 Å². The number of nitrogens with zero attached hydrogens (tertiary/aromatic N) is 2. The van der Waals surface area contributed by atoms with Gasteiger partial charge in [-0.1, -0.05) is 0 Å². The molecule has 1 heterocycles. The highest BCUT2D eigenvalue weighted by Crippen LogP contribution is 2.33. The molecule has 22 heavy (non-hydrogen) atoms. The minimum Gasteiger partial charge on any atom is -0.481 e. The van der Waals surface area contributed by atoms with Crippen molar-refractivity contribution in [2.45, 2.75) is 38.6 Å². The van der Waals surface area contributed by atoms with Crippen LogP contribution in [0.25, 0.3) is 0 Å². The van der Waals surface area contributed by atoms with E-state index in [4.69, 9.17) is 5.11 Å². The molecule has 124 valence electrons. The van der Waals surface area contributed by atoms with E-state index >= 15 is 0 Å². The van der Waals surface area contributed by atoms with Gasteiger partial charge in [0.05, 0.1) is 11.3 Å². The van der Waals surface area contributed by atoms with Crippen LogP contribution in [0.15, 0.2) is 0 Å². The maximum absolute atomic E-state index is 12.3. The average Bonchev–Trinajstić information content (AvgIpc) is 3.25. The molecule has 0 unspecified atom stereocenters. The van der Waals surface area contributed by atoms with Crippen molar-refractivity contribution >= 4 is 29.5 Å². The lowest BCUT2D eigenvalue weighted by Gasteiger charge is -2.47. The number of amides is 2. The summed E-state index contributed by atoms with van der Waals surface area (Å²) in [6.07, 6.45) is 2.34. The number of rotatable bonds is 6. The zero-order valence-corrected chi connectivity index (χ0v) is 14.0. The van der Waals surface area contributed by atoms with Gasteiger partial charge >= 0.3 is 5.97 Å². The van der Waals surface area contributed by atoms with E-state index < -0.39 is 5.97 Å². The quantitative estimate of drug-likeness (QED) is 0.738. The third-order valence-electron chi connectivity index (χ3n) is 4.13. The molecule has 1 N–H and O–H groups in total. The molecule has 2 aliphatic rings. The van der Waals surface area contributed by atoms with Crippen molar-refractivity contribution in [1.82, 2.24) is 9.80 Å². The monoisotopic (exact) mass is 328 g/mol. The Morgan fingerprint density at radius 3 is 2.45 bits per heavy atom. The van der Waals surface area contributed by atoms with Crippen LogP contribution in [-0.4, -0.2) is 69.4 Å². The first-order chi connectivity index (χ1) is 10.3. The van der Waals surface area contributed by atoms with Crippen molar-refractivity contribution in [3.05, 3.63) is 0 Å². The molecule has 1 aliphatic carbocycles. The van der Waals surface area contributed by atoms with Gasteiger partial charge in [-0.3, -0.25) is 14.4 Å². The van der Waals surface area contributed by atoms with E-state index in [9.17, 15) is 14.4 Å². The second kappa shape index (κ2) is 6.89. The fourth-order valence-electron chi connectivity index (χ4n) is 2.85. The fraction of sp³-hybridized carbons (Fsp3) is 0.800. The van der Waals surface area contributed by atoms with Gasteiger partial charge in [-0.2, -0.15) is 0 Å². The maximum atomic E-state index is 12.3. The van der Waals surface area contributed by atoms with Crippen molar-refractivity contribution in [1.29, 1.82) is 0 Å². The number of hydrogen-bond donors (Lipinski definition) is 1. The molecule has 0 aromatic carbocycles. The molecule has 0 spiro atoms. The molecular weight excluding hydrogens is 304 g/mol. The van der Waals surface area contributed by atoms with Crippen LogP contribution >= 0.6 is 11.8 Å². The Hall–Kier alpha value is -1.24. The zero-order chi connectivity index (χ0) is 16.3. The van der Waals surface area contributed by atoms with Crippen molar-refractivity contribution in [3.63, 3.8) is 0 Å². The Labute approximate surface area is 135 Å². The molecule has 1 saturated carbocycles. The van der Waals surface area contributed by atoms with E-state index in [-0.39, 0.29) is 29.0 Å². The summed E-state index contributed by atoms with van der Waals surface area (Å²) in [5, 5.41) is 8.59. The van der Waals surface area contributed by atoms with E-state index in [2.05, 4.69) is 0 Å². The molecule has 1 saturated heterocycles. The second-order valence-corrected chi connectivity index (χ2v) is 7.69. The van der Waals surface area contributed by atoms with Gasteiger partial charge in [0.25, 0.3) is 0 Å². The van der Waals surface area contributed by atoms with Gasteiger partial charge in [-0.05, 0) is 26.7 Å². The highest BCUT2D eigenvalue weighted by Gasteiger charge is 2.41. The van der Waals surface area contributed by atoms with Gasteiger partial charge in [0, 0.05) is 37.7 Å². The first-order valence-corrected chi connectivity index (χ1v) is 8.85. The van der Waals surface area contributed by atoms with Gasteiger partial charge in [0.2, 0.25) is 11.8 Å². The first-order valence-electron chi connectivity index (χ1n) is 7.70. The molecule has 2 fully saturated rings. The van der Waals surface area contributed by atoms with Crippen LogP contribution in [0.5, 0.6) is 0 Å². The Morgan fingerprint density at radius 1 is 1.23 bits per heavy atom. The lowest BCUT2D eigenvalue weighted by atomic mass is 9.97. The number of thioether (sulfide) groups is 1. The number of carboxylic acids is 1. The van der Waals surface area contributed by atoms with Crippen LogP contribution in [0.2, 0.25) is 0 Å². The average molecular weight is 328 g/mol. The highest BCUT2D eigenvalue weighted by atomic mass is 32.2. The number of hydrogen-bond acceptors (Lipinski definition) is 4. The van der Waals surface area contributed by atoms with Gasteiger partial charge in [0.15, 0.2) is 0 Å². The topological polar surface area (TPSA) is 77.9 Å².